The van der Waals surface area contributed by atoms with Crippen molar-refractivity contribution in [3.63, 3.8) is 0 Å². The number of thioether (sulfide) groups is 3. The lowest BCUT2D eigenvalue weighted by Gasteiger charge is -2.28. The number of hydrogen-bond acceptors (Lipinski definition) is 10. The molecule has 9 rings (SSSR count). The summed E-state index contributed by atoms with van der Waals surface area (Å²) < 4.78 is 0. The molecule has 3 aliphatic rings. The smallest absolute Gasteiger partial charge is 0.267 e. The van der Waals surface area contributed by atoms with E-state index in [0.29, 0.717) is 49.7 Å². The number of hydrogen-bond donors (Lipinski definition) is 0. The van der Waals surface area contributed by atoms with Gasteiger partial charge in [0.2, 0.25) is 0 Å². The van der Waals surface area contributed by atoms with E-state index in [-0.39, 0.29) is 35.0 Å². The average Bonchev–Trinajstić information content (AvgIpc) is 3.73. The number of ketones is 2. The summed E-state index contributed by atoms with van der Waals surface area (Å²) in [6.45, 7) is 10.3. The van der Waals surface area contributed by atoms with E-state index < -0.39 is 29.5 Å². The quantitative estimate of drug-likeness (QED) is 0.0401. The van der Waals surface area contributed by atoms with Crippen molar-refractivity contribution in [3.8, 4) is 0 Å². The summed E-state index contributed by atoms with van der Waals surface area (Å²) in [4.78, 5) is 96.2. The Morgan fingerprint density at radius 2 is 1.14 bits per heavy atom. The van der Waals surface area contributed by atoms with Crippen LogP contribution in [0.1, 0.15) is 152 Å². The van der Waals surface area contributed by atoms with Gasteiger partial charge in [0.05, 0.1) is 34.6 Å². The Balaban J connectivity index is 0.00000284. The summed E-state index contributed by atoms with van der Waals surface area (Å²) >= 11 is 5.10. The molecule has 0 N–H and O–H groups in total. The summed E-state index contributed by atoms with van der Waals surface area (Å²) in [5, 5.41) is 1.87. The van der Waals surface area contributed by atoms with Crippen LogP contribution in [0.2, 0.25) is 0 Å². The van der Waals surface area contributed by atoms with Gasteiger partial charge in [-0.15, -0.1) is 35.3 Å². The molecule has 4 amide bonds. The SMILES string of the molecule is CC.CCCCSc1cc2c(c(SCCCC)c1SCCCC)C(=O)N(c1ccc(CN3C(=O)c4cccc5cccc(c45)C3=O)c3ccc(C4C(=O)c5ccccc5C4=O)nc13)C2=O. The summed E-state index contributed by atoms with van der Waals surface area (Å²) in [6.07, 6.45) is 6.02. The number of pyridine rings is 1. The number of unbranched alkanes of at least 4 members (excludes halogenated alkanes) is 3. The number of anilines is 1. The molecule has 2 aliphatic heterocycles. The van der Waals surface area contributed by atoms with Crippen LogP contribution in [-0.2, 0) is 6.54 Å². The number of aromatic nitrogens is 1. The average molecular weight is 922 g/mol. The van der Waals surface area contributed by atoms with Gasteiger partial charge in [0.25, 0.3) is 23.6 Å². The Morgan fingerprint density at radius 1 is 0.569 bits per heavy atom. The molecule has 12 heteroatoms. The maximum absolute atomic E-state index is 15.1. The molecule has 0 spiro atoms. The lowest BCUT2D eigenvalue weighted by atomic mass is 9.93. The van der Waals surface area contributed by atoms with E-state index in [0.717, 1.165) is 75.9 Å². The Morgan fingerprint density at radius 3 is 1.74 bits per heavy atom. The molecule has 3 heterocycles. The second-order valence-electron chi connectivity index (χ2n) is 16.0. The van der Waals surface area contributed by atoms with Crippen LogP contribution in [0.25, 0.3) is 21.7 Å². The number of imide groups is 2. The molecule has 0 atom stereocenters. The van der Waals surface area contributed by atoms with E-state index in [2.05, 4.69) is 20.8 Å². The van der Waals surface area contributed by atoms with Crippen molar-refractivity contribution in [2.45, 2.75) is 100 Å². The third-order valence-electron chi connectivity index (χ3n) is 11.9. The van der Waals surface area contributed by atoms with Crippen LogP contribution < -0.4 is 4.90 Å². The van der Waals surface area contributed by atoms with Gasteiger partial charge >= 0.3 is 0 Å². The standard InChI is InChI=1S/C51H45N3O6S3.C2H6/c1-4-7-24-61-39-27-36-41(47(63-26-9-6-3)46(39)62-25-8-5-2)51(60)54(50(36)59)38-23-20-30(28-53-48(57)34-18-12-14-29-15-13-19-35(40(29)34)49(53)58)31-21-22-37(52-43(31)38)42-44(55)32-16-10-11-17-33(32)45(42)56;1-2/h10-23,27,42H,4-9,24-26,28H2,1-3H3;1-2H3. The minimum absolute atomic E-state index is 0.135. The molecule has 5 aromatic carbocycles. The molecule has 65 heavy (non-hydrogen) atoms. The number of amides is 4. The molecule has 0 unspecified atom stereocenters. The maximum atomic E-state index is 15.1. The van der Waals surface area contributed by atoms with Gasteiger partial charge in [-0.05, 0) is 77.8 Å². The molecule has 1 aromatic heterocycles. The van der Waals surface area contributed by atoms with Crippen molar-refractivity contribution in [1.82, 2.24) is 9.88 Å². The first kappa shape index (κ1) is 46.0. The fourth-order valence-electron chi connectivity index (χ4n) is 8.65. The molecule has 0 bridgehead atoms. The third-order valence-corrected chi connectivity index (χ3v) is 15.7. The number of nitrogens with zero attached hydrogens (tertiary/aromatic N) is 3. The normalized spacial score (nSPS) is 14.5. The van der Waals surface area contributed by atoms with Crippen molar-refractivity contribution in [2.24, 2.45) is 0 Å². The predicted molar refractivity (Wildman–Crippen MR) is 264 cm³/mol. The molecule has 0 radical (unpaired) electrons. The van der Waals surface area contributed by atoms with Crippen LogP contribution >= 0.6 is 35.3 Å². The summed E-state index contributed by atoms with van der Waals surface area (Å²) in [5.41, 5.74) is 3.27. The Kier molecular flexibility index (Phi) is 14.1. The lowest BCUT2D eigenvalue weighted by Crippen LogP contribution is -2.39. The summed E-state index contributed by atoms with van der Waals surface area (Å²) in [6, 6.07) is 26.0. The lowest BCUT2D eigenvalue weighted by molar-refractivity contribution is 0.0597. The highest BCUT2D eigenvalue weighted by atomic mass is 32.2. The van der Waals surface area contributed by atoms with E-state index in [1.165, 1.54) is 9.80 Å². The molecular weight excluding hydrogens is 871 g/mol. The van der Waals surface area contributed by atoms with E-state index in [1.54, 1.807) is 108 Å². The zero-order chi connectivity index (χ0) is 45.9. The number of carbonyl (C=O) groups excluding carboxylic acids is 6. The van der Waals surface area contributed by atoms with Gasteiger partial charge in [0, 0.05) is 47.7 Å². The van der Waals surface area contributed by atoms with Crippen molar-refractivity contribution in [1.29, 1.82) is 0 Å². The first-order valence-electron chi connectivity index (χ1n) is 22.6. The van der Waals surface area contributed by atoms with Crippen LogP contribution in [0, 0.1) is 0 Å². The molecule has 9 nitrogen and oxygen atoms in total. The largest absolute Gasteiger partial charge is 0.293 e. The van der Waals surface area contributed by atoms with Crippen molar-refractivity contribution < 1.29 is 28.8 Å². The minimum atomic E-state index is -1.22. The van der Waals surface area contributed by atoms with Gasteiger partial charge in [0.15, 0.2) is 11.6 Å². The first-order chi connectivity index (χ1) is 31.7. The van der Waals surface area contributed by atoms with Crippen molar-refractivity contribution in [2.75, 3.05) is 22.2 Å². The minimum Gasteiger partial charge on any atom is -0.293 e. The highest BCUT2D eigenvalue weighted by molar-refractivity contribution is 8.03. The van der Waals surface area contributed by atoms with E-state index >= 15 is 4.79 Å². The molecular formula is C53H51N3O6S3. The fraction of sp³-hybridized carbons (Fsp3) is 0.302. The third kappa shape index (κ3) is 8.23. The number of rotatable bonds is 16. The maximum Gasteiger partial charge on any atom is 0.267 e. The first-order valence-corrected chi connectivity index (χ1v) is 25.6. The Hall–Kier alpha value is -5.56. The van der Waals surface area contributed by atoms with Gasteiger partial charge in [-0.3, -0.25) is 33.7 Å². The van der Waals surface area contributed by atoms with Gasteiger partial charge in [-0.2, -0.15) is 0 Å². The molecule has 0 saturated carbocycles. The zero-order valence-corrected chi connectivity index (χ0v) is 39.8. The topological polar surface area (TPSA) is 122 Å². The molecule has 6 aromatic rings. The molecule has 0 saturated heterocycles. The molecule has 0 fully saturated rings. The van der Waals surface area contributed by atoms with Gasteiger partial charge in [-0.25, -0.2) is 9.88 Å². The number of Topliss-reactive ketones (excluding diaryl/α,β-unsaturated/α-hetero) is 2. The summed E-state index contributed by atoms with van der Waals surface area (Å²) in [5.74, 6) is -1.28. The molecule has 1 aliphatic carbocycles. The fourth-order valence-corrected chi connectivity index (χ4v) is 12.8. The highest BCUT2D eigenvalue weighted by Gasteiger charge is 2.44. The van der Waals surface area contributed by atoms with E-state index in [4.69, 9.17) is 4.98 Å². The second kappa shape index (κ2) is 19.9. The van der Waals surface area contributed by atoms with Crippen LogP contribution in [-0.4, -0.2) is 62.3 Å². The van der Waals surface area contributed by atoms with Crippen molar-refractivity contribution >= 4 is 97.8 Å². The van der Waals surface area contributed by atoms with Gasteiger partial charge < -0.3 is 0 Å². The van der Waals surface area contributed by atoms with Crippen molar-refractivity contribution in [3.05, 3.63) is 136 Å². The second-order valence-corrected chi connectivity index (χ2v) is 19.3. The summed E-state index contributed by atoms with van der Waals surface area (Å²) in [7, 11) is 0. The predicted octanol–water partition coefficient (Wildman–Crippen LogP) is 12.9. The molecule has 332 valence electrons. The van der Waals surface area contributed by atoms with Crippen LogP contribution in [0.3, 0.4) is 0 Å². The van der Waals surface area contributed by atoms with Gasteiger partial charge in [-0.1, -0.05) is 115 Å². The number of benzene rings is 5. The van der Waals surface area contributed by atoms with Crippen LogP contribution in [0.5, 0.6) is 0 Å². The van der Waals surface area contributed by atoms with Crippen LogP contribution in [0.15, 0.2) is 106 Å². The Bertz CT molecular complexity index is 2840. The number of fused-ring (bicyclic) bond motifs is 3. The van der Waals surface area contributed by atoms with E-state index in [9.17, 15) is 24.0 Å². The van der Waals surface area contributed by atoms with Gasteiger partial charge in [0.1, 0.15) is 5.92 Å². The van der Waals surface area contributed by atoms with Crippen LogP contribution in [0.4, 0.5) is 5.69 Å². The van der Waals surface area contributed by atoms with E-state index in [1.807, 2.05) is 32.0 Å². The number of carbonyl (C=O) groups is 6. The Labute approximate surface area is 392 Å². The monoisotopic (exact) mass is 921 g/mol. The zero-order valence-electron chi connectivity index (χ0n) is 37.3. The highest BCUT2D eigenvalue weighted by Crippen LogP contribution is 2.47.